The number of benzene rings is 1. The SMILES string of the molecule is N#Cc1c(F)ccc(C(=O)Cl)c1F. The second-order valence-corrected chi connectivity index (χ2v) is 2.51. The van der Waals surface area contributed by atoms with Crippen LogP contribution in [0, 0.1) is 23.0 Å². The summed E-state index contributed by atoms with van der Waals surface area (Å²) in [7, 11) is 0. The van der Waals surface area contributed by atoms with Crippen molar-refractivity contribution < 1.29 is 13.6 Å². The summed E-state index contributed by atoms with van der Waals surface area (Å²) in [5.74, 6) is -2.23. The molecule has 0 aliphatic heterocycles. The van der Waals surface area contributed by atoms with Crippen LogP contribution >= 0.6 is 11.6 Å². The van der Waals surface area contributed by atoms with Gasteiger partial charge < -0.3 is 0 Å². The normalized spacial score (nSPS) is 9.38. The Kier molecular flexibility index (Phi) is 2.59. The number of carbonyl (C=O) groups excluding carboxylic acids is 1. The van der Waals surface area contributed by atoms with Crippen molar-refractivity contribution in [1.29, 1.82) is 5.26 Å². The van der Waals surface area contributed by atoms with Gasteiger partial charge in [0.05, 0.1) is 5.56 Å². The molecule has 1 aromatic rings. The van der Waals surface area contributed by atoms with E-state index in [0.29, 0.717) is 0 Å². The second-order valence-electron chi connectivity index (χ2n) is 2.17. The van der Waals surface area contributed by atoms with Gasteiger partial charge in [-0.2, -0.15) is 5.26 Å². The van der Waals surface area contributed by atoms with Crippen LogP contribution in [0.2, 0.25) is 0 Å². The maximum Gasteiger partial charge on any atom is 0.255 e. The summed E-state index contributed by atoms with van der Waals surface area (Å²) in [5, 5.41) is 7.26. The van der Waals surface area contributed by atoms with E-state index >= 15 is 0 Å². The lowest BCUT2D eigenvalue weighted by molar-refractivity contribution is 0.107. The molecular formula is C8H2ClF2NO. The third-order valence-electron chi connectivity index (χ3n) is 1.41. The number of rotatable bonds is 1. The van der Waals surface area contributed by atoms with Gasteiger partial charge in [-0.1, -0.05) is 0 Å². The van der Waals surface area contributed by atoms with Gasteiger partial charge >= 0.3 is 0 Å². The van der Waals surface area contributed by atoms with E-state index in [9.17, 15) is 13.6 Å². The van der Waals surface area contributed by atoms with E-state index in [1.165, 1.54) is 6.07 Å². The highest BCUT2D eigenvalue weighted by molar-refractivity contribution is 6.67. The molecular weight excluding hydrogens is 200 g/mol. The Balaban J connectivity index is 3.47. The molecule has 1 rings (SSSR count). The average molecular weight is 202 g/mol. The van der Waals surface area contributed by atoms with Crippen molar-refractivity contribution in [3.8, 4) is 6.07 Å². The molecule has 5 heteroatoms. The van der Waals surface area contributed by atoms with Gasteiger partial charge in [0.1, 0.15) is 17.4 Å². The quantitative estimate of drug-likeness (QED) is 0.654. The molecule has 0 saturated heterocycles. The van der Waals surface area contributed by atoms with E-state index in [0.717, 1.165) is 12.1 Å². The van der Waals surface area contributed by atoms with Gasteiger partial charge in [-0.05, 0) is 23.7 Å². The monoisotopic (exact) mass is 201 g/mol. The first kappa shape index (κ1) is 9.62. The zero-order valence-electron chi connectivity index (χ0n) is 6.14. The maximum absolute atomic E-state index is 13.0. The van der Waals surface area contributed by atoms with Gasteiger partial charge in [0, 0.05) is 0 Å². The van der Waals surface area contributed by atoms with Crippen molar-refractivity contribution in [1.82, 2.24) is 0 Å². The highest BCUT2D eigenvalue weighted by Gasteiger charge is 2.16. The molecule has 0 spiro atoms. The molecule has 0 saturated carbocycles. The number of nitriles is 1. The molecule has 13 heavy (non-hydrogen) atoms. The van der Waals surface area contributed by atoms with E-state index < -0.39 is 28.0 Å². The Bertz CT molecular complexity index is 411. The first-order chi connectivity index (χ1) is 6.07. The van der Waals surface area contributed by atoms with E-state index in [1.807, 2.05) is 0 Å². The van der Waals surface area contributed by atoms with Crippen LogP contribution in [-0.2, 0) is 0 Å². The van der Waals surface area contributed by atoms with Gasteiger partial charge in [0.15, 0.2) is 5.82 Å². The van der Waals surface area contributed by atoms with E-state index in [-0.39, 0.29) is 0 Å². The summed E-state index contributed by atoms with van der Waals surface area (Å²) < 4.78 is 25.7. The molecule has 2 nitrogen and oxygen atoms in total. The van der Waals surface area contributed by atoms with E-state index in [1.54, 1.807) is 0 Å². The fourth-order valence-electron chi connectivity index (χ4n) is 0.807. The van der Waals surface area contributed by atoms with Gasteiger partial charge in [-0.25, -0.2) is 8.78 Å². The van der Waals surface area contributed by atoms with Crippen LogP contribution in [0.25, 0.3) is 0 Å². The number of hydrogen-bond donors (Lipinski definition) is 0. The van der Waals surface area contributed by atoms with Crippen molar-refractivity contribution in [2.45, 2.75) is 0 Å². The van der Waals surface area contributed by atoms with Gasteiger partial charge in [-0.3, -0.25) is 4.79 Å². The lowest BCUT2D eigenvalue weighted by Gasteiger charge is -1.99. The molecule has 0 heterocycles. The first-order valence-corrected chi connectivity index (χ1v) is 3.53. The van der Waals surface area contributed by atoms with Gasteiger partial charge in [-0.15, -0.1) is 0 Å². The fraction of sp³-hybridized carbons (Fsp3) is 0. The average Bonchev–Trinajstić information content (AvgIpc) is 2.04. The molecule has 0 atom stereocenters. The zero-order valence-corrected chi connectivity index (χ0v) is 6.90. The molecule has 66 valence electrons. The lowest BCUT2D eigenvalue weighted by Crippen LogP contribution is -1.99. The van der Waals surface area contributed by atoms with Crippen LogP contribution in [0.3, 0.4) is 0 Å². The molecule has 0 aliphatic carbocycles. The summed E-state index contributed by atoms with van der Waals surface area (Å²) in [6.07, 6.45) is 0. The molecule has 0 fully saturated rings. The Morgan fingerprint density at radius 3 is 2.54 bits per heavy atom. The van der Waals surface area contributed by atoms with Gasteiger partial charge in [0.25, 0.3) is 5.24 Å². The smallest absolute Gasteiger partial charge is 0.255 e. The predicted molar refractivity (Wildman–Crippen MR) is 41.3 cm³/mol. The molecule has 0 aromatic heterocycles. The highest BCUT2D eigenvalue weighted by Crippen LogP contribution is 2.17. The molecule has 0 aliphatic rings. The van der Waals surface area contributed by atoms with E-state index in [2.05, 4.69) is 0 Å². The fourth-order valence-corrected chi connectivity index (χ4v) is 0.953. The number of nitrogens with zero attached hydrogens (tertiary/aromatic N) is 1. The minimum Gasteiger partial charge on any atom is -0.275 e. The molecule has 0 radical (unpaired) electrons. The molecule has 1 aromatic carbocycles. The number of hydrogen-bond acceptors (Lipinski definition) is 2. The predicted octanol–water partition coefficient (Wildman–Crippen LogP) is 2.22. The van der Waals surface area contributed by atoms with Gasteiger partial charge in [0.2, 0.25) is 0 Å². The van der Waals surface area contributed by atoms with Crippen LogP contribution in [0.5, 0.6) is 0 Å². The van der Waals surface area contributed by atoms with Crippen LogP contribution in [0.15, 0.2) is 12.1 Å². The highest BCUT2D eigenvalue weighted by atomic mass is 35.5. The Morgan fingerprint density at radius 2 is 2.08 bits per heavy atom. The zero-order chi connectivity index (χ0) is 10.0. The largest absolute Gasteiger partial charge is 0.275 e. The second kappa shape index (κ2) is 3.50. The summed E-state index contributed by atoms with van der Waals surface area (Å²) in [6, 6.07) is 3.00. The van der Waals surface area contributed by atoms with Crippen LogP contribution in [-0.4, -0.2) is 5.24 Å². The first-order valence-electron chi connectivity index (χ1n) is 3.16. The number of carbonyl (C=O) groups is 1. The third kappa shape index (κ3) is 1.65. The molecule has 0 amide bonds. The standard InChI is InChI=1S/C8H2ClF2NO/c9-8(13)4-1-2-6(10)5(3-12)7(4)11/h1-2H. The maximum atomic E-state index is 13.0. The Labute approximate surface area is 77.3 Å². The Morgan fingerprint density at radius 1 is 1.46 bits per heavy atom. The number of halogens is 3. The third-order valence-corrected chi connectivity index (χ3v) is 1.62. The minimum absolute atomic E-state index is 0.500. The summed E-state index contributed by atoms with van der Waals surface area (Å²) in [6.45, 7) is 0. The summed E-state index contributed by atoms with van der Waals surface area (Å²) in [5.41, 5.74) is -1.30. The van der Waals surface area contributed by atoms with Crippen molar-refractivity contribution in [2.75, 3.05) is 0 Å². The van der Waals surface area contributed by atoms with Crippen LogP contribution in [0.4, 0.5) is 8.78 Å². The topological polar surface area (TPSA) is 40.9 Å². The van der Waals surface area contributed by atoms with E-state index in [4.69, 9.17) is 16.9 Å². The molecule has 0 unspecified atom stereocenters. The van der Waals surface area contributed by atoms with Crippen molar-refractivity contribution in [3.63, 3.8) is 0 Å². The molecule has 0 bridgehead atoms. The van der Waals surface area contributed by atoms with Crippen LogP contribution in [0.1, 0.15) is 15.9 Å². The van der Waals surface area contributed by atoms with Crippen molar-refractivity contribution >= 4 is 16.8 Å². The van der Waals surface area contributed by atoms with Crippen molar-refractivity contribution in [3.05, 3.63) is 34.9 Å². The molecule has 0 N–H and O–H groups in total. The Hall–Kier alpha value is -1.47. The summed E-state index contributed by atoms with van der Waals surface area (Å²) in [4.78, 5) is 10.5. The van der Waals surface area contributed by atoms with Crippen LogP contribution < -0.4 is 0 Å². The summed E-state index contributed by atoms with van der Waals surface area (Å²) >= 11 is 4.98. The minimum atomic E-state index is -1.22. The van der Waals surface area contributed by atoms with Crippen molar-refractivity contribution in [2.24, 2.45) is 0 Å². The lowest BCUT2D eigenvalue weighted by atomic mass is 10.1.